The molecule has 5 rings (SSSR count). The van der Waals surface area contributed by atoms with Gasteiger partial charge >= 0.3 is 0 Å². The van der Waals surface area contributed by atoms with Crippen molar-refractivity contribution in [2.45, 2.75) is 18.7 Å². The number of rotatable bonds is 2. The number of hydrazone groups is 1. The van der Waals surface area contributed by atoms with Gasteiger partial charge in [-0.2, -0.15) is 5.10 Å². The van der Waals surface area contributed by atoms with Crippen LogP contribution in [0.1, 0.15) is 35.4 Å². The molecule has 3 aromatic rings. The Labute approximate surface area is 172 Å². The number of benzene rings is 3. The summed E-state index contributed by atoms with van der Waals surface area (Å²) in [5.41, 5.74) is 3.69. The zero-order chi connectivity index (χ0) is 19.3. The minimum atomic E-state index is -0.407. The summed E-state index contributed by atoms with van der Waals surface area (Å²) in [7, 11) is 0. The van der Waals surface area contributed by atoms with Gasteiger partial charge in [0, 0.05) is 27.6 Å². The van der Waals surface area contributed by atoms with E-state index in [0.717, 1.165) is 28.2 Å². The van der Waals surface area contributed by atoms with Crippen molar-refractivity contribution in [2.75, 3.05) is 0 Å². The lowest BCUT2D eigenvalue weighted by atomic mass is 9.96. The lowest BCUT2D eigenvalue weighted by Gasteiger charge is -2.38. The van der Waals surface area contributed by atoms with Crippen molar-refractivity contribution in [1.82, 2.24) is 5.01 Å². The topological polar surface area (TPSA) is 24.8 Å². The summed E-state index contributed by atoms with van der Waals surface area (Å²) < 4.78 is 19.6. The molecule has 3 nitrogen and oxygen atoms in total. The van der Waals surface area contributed by atoms with E-state index in [0.29, 0.717) is 16.5 Å². The lowest BCUT2D eigenvalue weighted by molar-refractivity contribution is -0.0190. The molecular weight excluding hydrogens is 398 g/mol. The van der Waals surface area contributed by atoms with E-state index in [-0.39, 0.29) is 11.9 Å². The van der Waals surface area contributed by atoms with Crippen LogP contribution in [0.15, 0.2) is 71.8 Å². The second-order valence-electron chi connectivity index (χ2n) is 6.86. The zero-order valence-corrected chi connectivity index (χ0v) is 16.2. The van der Waals surface area contributed by atoms with Crippen LogP contribution in [0.4, 0.5) is 4.39 Å². The highest BCUT2D eigenvalue weighted by Gasteiger charge is 2.41. The van der Waals surface area contributed by atoms with Crippen LogP contribution >= 0.6 is 23.2 Å². The van der Waals surface area contributed by atoms with Crippen molar-refractivity contribution in [3.63, 3.8) is 0 Å². The maximum Gasteiger partial charge on any atom is 0.213 e. The first-order valence-corrected chi connectivity index (χ1v) is 9.67. The summed E-state index contributed by atoms with van der Waals surface area (Å²) in [4.78, 5) is 0. The molecule has 2 heterocycles. The van der Waals surface area contributed by atoms with Gasteiger partial charge < -0.3 is 4.74 Å². The Hall–Kier alpha value is -2.56. The fraction of sp³-hybridized carbons (Fsp3) is 0.136. The van der Waals surface area contributed by atoms with Gasteiger partial charge in [-0.3, -0.25) is 0 Å². The van der Waals surface area contributed by atoms with Crippen molar-refractivity contribution < 1.29 is 9.13 Å². The van der Waals surface area contributed by atoms with E-state index in [4.69, 9.17) is 33.0 Å². The van der Waals surface area contributed by atoms with Gasteiger partial charge in [-0.1, -0.05) is 47.5 Å². The standard InChI is InChI=1S/C22H15Cl2FN2O/c23-15-3-1-2-14(10-15)22-27-20(18-11-16(24)6-9-21(18)28-22)12-19(26-27)13-4-7-17(25)8-5-13/h1-11,20,22H,12H2/t20-,22-/m1/s1. The highest BCUT2D eigenvalue weighted by atomic mass is 35.5. The van der Waals surface area contributed by atoms with Crippen molar-refractivity contribution in [3.8, 4) is 5.75 Å². The number of nitrogens with zero attached hydrogens (tertiary/aromatic N) is 2. The maximum absolute atomic E-state index is 13.3. The minimum Gasteiger partial charge on any atom is -0.464 e. The quantitative estimate of drug-likeness (QED) is 0.487. The molecule has 0 saturated carbocycles. The van der Waals surface area contributed by atoms with E-state index < -0.39 is 6.23 Å². The molecule has 0 bridgehead atoms. The lowest BCUT2D eigenvalue weighted by Crippen LogP contribution is -2.33. The zero-order valence-electron chi connectivity index (χ0n) is 14.6. The smallest absolute Gasteiger partial charge is 0.213 e. The van der Waals surface area contributed by atoms with Crippen LogP contribution in [0.2, 0.25) is 10.0 Å². The monoisotopic (exact) mass is 412 g/mol. The molecule has 6 heteroatoms. The van der Waals surface area contributed by atoms with E-state index >= 15 is 0 Å². The Kier molecular flexibility index (Phi) is 4.26. The number of fused-ring (bicyclic) bond motifs is 3. The first kappa shape index (κ1) is 17.5. The highest BCUT2D eigenvalue weighted by Crippen LogP contribution is 2.48. The van der Waals surface area contributed by atoms with Crippen LogP contribution in [-0.4, -0.2) is 10.7 Å². The van der Waals surface area contributed by atoms with E-state index in [1.807, 2.05) is 47.5 Å². The van der Waals surface area contributed by atoms with Crippen LogP contribution in [0.25, 0.3) is 0 Å². The normalized spacial score (nSPS) is 20.2. The summed E-state index contributed by atoms with van der Waals surface area (Å²) in [6.45, 7) is 0. The summed E-state index contributed by atoms with van der Waals surface area (Å²) in [5.74, 6) is 0.517. The molecule has 2 aliphatic rings. The minimum absolute atomic E-state index is 0.0218. The van der Waals surface area contributed by atoms with Crippen LogP contribution in [0.3, 0.4) is 0 Å². The molecule has 0 unspecified atom stereocenters. The SMILES string of the molecule is Fc1ccc(C2=NN3[C@H](C2)c2cc(Cl)ccc2O[C@@H]3c2cccc(Cl)c2)cc1. The predicted molar refractivity (Wildman–Crippen MR) is 108 cm³/mol. The second-order valence-corrected chi connectivity index (χ2v) is 7.73. The van der Waals surface area contributed by atoms with Crippen molar-refractivity contribution >= 4 is 28.9 Å². The van der Waals surface area contributed by atoms with Crippen molar-refractivity contribution in [2.24, 2.45) is 5.10 Å². The molecule has 0 aromatic heterocycles. The fourth-order valence-electron chi connectivity index (χ4n) is 3.76. The fourth-order valence-corrected chi connectivity index (χ4v) is 4.13. The Balaban J connectivity index is 1.61. The van der Waals surface area contributed by atoms with Gasteiger partial charge in [0.2, 0.25) is 6.23 Å². The molecular formula is C22H15Cl2FN2O. The molecule has 0 amide bonds. The molecule has 28 heavy (non-hydrogen) atoms. The summed E-state index contributed by atoms with van der Waals surface area (Å²) in [6, 6.07) is 19.6. The molecule has 0 radical (unpaired) electrons. The third-order valence-corrected chi connectivity index (χ3v) is 5.53. The van der Waals surface area contributed by atoms with E-state index in [1.54, 1.807) is 12.1 Å². The maximum atomic E-state index is 13.3. The van der Waals surface area contributed by atoms with E-state index in [1.165, 1.54) is 12.1 Å². The van der Waals surface area contributed by atoms with Gasteiger partial charge in [-0.15, -0.1) is 0 Å². The first-order valence-electron chi connectivity index (χ1n) is 8.92. The van der Waals surface area contributed by atoms with Gasteiger partial charge in [0.05, 0.1) is 11.8 Å². The molecule has 0 fully saturated rings. The average molecular weight is 413 g/mol. The van der Waals surface area contributed by atoms with E-state index in [9.17, 15) is 4.39 Å². The number of halogens is 3. The van der Waals surface area contributed by atoms with Gasteiger partial charge in [-0.25, -0.2) is 9.40 Å². The molecule has 2 atom stereocenters. The van der Waals surface area contributed by atoms with E-state index in [2.05, 4.69) is 0 Å². The molecule has 0 N–H and O–H groups in total. The molecule has 0 aliphatic carbocycles. The van der Waals surface area contributed by atoms with Crippen molar-refractivity contribution in [3.05, 3.63) is 99.3 Å². The summed E-state index contributed by atoms with van der Waals surface area (Å²) in [5, 5.41) is 8.08. The van der Waals surface area contributed by atoms with Crippen molar-refractivity contribution in [1.29, 1.82) is 0 Å². The van der Waals surface area contributed by atoms with Gasteiger partial charge in [0.15, 0.2) is 0 Å². The molecule has 0 saturated heterocycles. The molecule has 0 spiro atoms. The van der Waals surface area contributed by atoms with Gasteiger partial charge in [0.1, 0.15) is 11.6 Å². The predicted octanol–water partition coefficient (Wildman–Crippen LogP) is 6.37. The van der Waals surface area contributed by atoms with Crippen LogP contribution in [0.5, 0.6) is 5.75 Å². The largest absolute Gasteiger partial charge is 0.464 e. The Morgan fingerprint density at radius 3 is 2.54 bits per heavy atom. The average Bonchev–Trinajstić information content (AvgIpc) is 3.14. The number of hydrogen-bond donors (Lipinski definition) is 0. The summed E-state index contributed by atoms with van der Waals surface area (Å²) in [6.07, 6.45) is 0.273. The Bertz CT molecular complexity index is 1080. The van der Waals surface area contributed by atoms with Crippen LogP contribution < -0.4 is 4.74 Å². The summed E-state index contributed by atoms with van der Waals surface area (Å²) >= 11 is 12.4. The molecule has 2 aliphatic heterocycles. The highest BCUT2D eigenvalue weighted by molar-refractivity contribution is 6.31. The van der Waals surface area contributed by atoms with Crippen LogP contribution in [0, 0.1) is 5.82 Å². The molecule has 3 aromatic carbocycles. The third-order valence-electron chi connectivity index (χ3n) is 5.06. The Morgan fingerprint density at radius 2 is 1.75 bits per heavy atom. The second kappa shape index (κ2) is 6.80. The Morgan fingerprint density at radius 1 is 0.964 bits per heavy atom. The third kappa shape index (κ3) is 3.03. The number of ether oxygens (including phenoxy) is 1. The van der Waals surface area contributed by atoms with Gasteiger partial charge in [0.25, 0.3) is 0 Å². The number of hydrogen-bond acceptors (Lipinski definition) is 3. The molecule has 140 valence electrons. The van der Waals surface area contributed by atoms with Crippen LogP contribution in [-0.2, 0) is 0 Å². The van der Waals surface area contributed by atoms with Gasteiger partial charge in [-0.05, 0) is 48.0 Å². The first-order chi connectivity index (χ1) is 13.6.